The Morgan fingerprint density at radius 1 is 0.938 bits per heavy atom. The molecule has 0 radical (unpaired) electrons. The van der Waals surface area contributed by atoms with Crippen molar-refractivity contribution in [1.82, 2.24) is 10.2 Å². The van der Waals surface area contributed by atoms with Crippen molar-refractivity contribution in [3.05, 3.63) is 66.7 Å². The lowest BCUT2D eigenvalue weighted by Crippen LogP contribution is -2.47. The summed E-state index contributed by atoms with van der Waals surface area (Å²) in [5.74, 6) is -0.467. The van der Waals surface area contributed by atoms with Crippen LogP contribution in [0, 0.1) is 0 Å². The number of para-hydroxylation sites is 1. The van der Waals surface area contributed by atoms with Gasteiger partial charge in [0.2, 0.25) is 0 Å². The third-order valence-corrected chi connectivity index (χ3v) is 5.30. The zero-order chi connectivity index (χ0) is 22.8. The van der Waals surface area contributed by atoms with Crippen molar-refractivity contribution in [2.75, 3.05) is 57.4 Å². The first-order valence-corrected chi connectivity index (χ1v) is 10.9. The normalized spacial score (nSPS) is 14.0. The number of alkyl carbamates (subject to hydrolysis) is 1. The number of nitrogens with zero attached hydrogens (tertiary/aromatic N) is 2. The number of esters is 1. The summed E-state index contributed by atoms with van der Waals surface area (Å²) in [6.07, 6.45) is -0.508. The molecule has 170 valence electrons. The predicted octanol–water partition coefficient (Wildman–Crippen LogP) is 3.32. The second-order valence-electron chi connectivity index (χ2n) is 7.69. The maximum absolute atomic E-state index is 11.8. The van der Waals surface area contributed by atoms with Gasteiger partial charge in [-0.3, -0.25) is 4.90 Å². The summed E-state index contributed by atoms with van der Waals surface area (Å²) in [5, 5.41) is 2.57. The molecule has 32 heavy (non-hydrogen) atoms. The van der Waals surface area contributed by atoms with Crippen molar-refractivity contribution in [3.8, 4) is 11.1 Å². The highest BCUT2D eigenvalue weighted by molar-refractivity contribution is 5.86. The van der Waals surface area contributed by atoms with Crippen LogP contribution >= 0.6 is 0 Å². The Balaban J connectivity index is 1.37. The largest absolute Gasteiger partial charge is 0.460 e. The van der Waals surface area contributed by atoms with Crippen molar-refractivity contribution in [2.45, 2.75) is 6.92 Å². The third-order valence-electron chi connectivity index (χ3n) is 5.30. The molecule has 1 heterocycles. The van der Waals surface area contributed by atoms with Gasteiger partial charge in [0.1, 0.15) is 13.2 Å². The van der Waals surface area contributed by atoms with Gasteiger partial charge in [0.25, 0.3) is 0 Å². The molecule has 2 aromatic carbocycles. The van der Waals surface area contributed by atoms with E-state index in [1.54, 1.807) is 6.92 Å². The number of carbonyl (C=O) groups is 2. The highest BCUT2D eigenvalue weighted by Gasteiger charge is 2.19. The average molecular weight is 438 g/mol. The van der Waals surface area contributed by atoms with Crippen molar-refractivity contribution in [3.63, 3.8) is 0 Å². The molecule has 7 heteroatoms. The van der Waals surface area contributed by atoms with E-state index in [0.717, 1.165) is 26.2 Å². The highest BCUT2D eigenvalue weighted by atomic mass is 16.6. The molecule has 0 saturated carbocycles. The predicted molar refractivity (Wildman–Crippen MR) is 126 cm³/mol. The van der Waals surface area contributed by atoms with Crippen molar-refractivity contribution >= 4 is 17.7 Å². The Bertz CT molecular complexity index is 908. The lowest BCUT2D eigenvalue weighted by atomic mass is 10.0. The maximum atomic E-state index is 11.8. The fourth-order valence-electron chi connectivity index (χ4n) is 3.56. The Morgan fingerprint density at radius 2 is 1.62 bits per heavy atom. The summed E-state index contributed by atoms with van der Waals surface area (Å²) >= 11 is 0. The van der Waals surface area contributed by atoms with Gasteiger partial charge >= 0.3 is 12.1 Å². The van der Waals surface area contributed by atoms with E-state index in [9.17, 15) is 9.59 Å². The van der Waals surface area contributed by atoms with Crippen LogP contribution in [0.15, 0.2) is 66.7 Å². The monoisotopic (exact) mass is 437 g/mol. The van der Waals surface area contributed by atoms with E-state index in [-0.39, 0.29) is 13.2 Å². The molecular formula is C25H31N3O4. The van der Waals surface area contributed by atoms with Crippen LogP contribution in [0.25, 0.3) is 11.1 Å². The van der Waals surface area contributed by atoms with Gasteiger partial charge in [-0.05, 0) is 18.6 Å². The summed E-state index contributed by atoms with van der Waals surface area (Å²) in [4.78, 5) is 27.7. The van der Waals surface area contributed by atoms with Crippen LogP contribution in [-0.4, -0.2) is 69.4 Å². The molecule has 0 aliphatic carbocycles. The first-order valence-electron chi connectivity index (χ1n) is 10.9. The number of ether oxygens (including phenoxy) is 2. The number of anilines is 1. The molecule has 0 bridgehead atoms. The minimum absolute atomic E-state index is 0.0905. The second-order valence-corrected chi connectivity index (χ2v) is 7.69. The number of carbonyl (C=O) groups excluding carboxylic acids is 2. The molecule has 0 atom stereocenters. The van der Waals surface area contributed by atoms with Crippen LogP contribution in [-0.2, 0) is 14.3 Å². The Morgan fingerprint density at radius 3 is 2.34 bits per heavy atom. The molecule has 3 rings (SSSR count). The number of hydrogen-bond acceptors (Lipinski definition) is 6. The lowest BCUT2D eigenvalue weighted by molar-refractivity contribution is -0.138. The molecular weight excluding hydrogens is 406 g/mol. The first-order chi connectivity index (χ1) is 15.5. The molecule has 1 aliphatic rings. The quantitative estimate of drug-likeness (QED) is 0.369. The van der Waals surface area contributed by atoms with Gasteiger partial charge < -0.3 is 19.7 Å². The van der Waals surface area contributed by atoms with Gasteiger partial charge in [0.05, 0.1) is 6.54 Å². The minimum Gasteiger partial charge on any atom is -0.460 e. The number of benzene rings is 2. The fraction of sp³-hybridized carbons (Fsp3) is 0.360. The molecule has 1 N–H and O–H groups in total. The van der Waals surface area contributed by atoms with Crippen LogP contribution in [0.1, 0.15) is 6.92 Å². The number of rotatable bonds is 9. The smallest absolute Gasteiger partial charge is 0.407 e. The highest BCUT2D eigenvalue weighted by Crippen LogP contribution is 2.31. The molecule has 1 saturated heterocycles. The molecule has 1 aliphatic heterocycles. The zero-order valence-corrected chi connectivity index (χ0v) is 18.6. The van der Waals surface area contributed by atoms with E-state index < -0.39 is 12.1 Å². The Kier molecular flexibility index (Phi) is 8.69. The van der Waals surface area contributed by atoms with Crippen molar-refractivity contribution in [1.29, 1.82) is 0 Å². The standard InChI is InChI=1S/C25H31N3O4/c1-20(2)24(29)31-18-12-26-25(30)32-19-17-27-13-15-28(16-14-27)23-11-7-6-10-22(23)21-8-4-3-5-9-21/h3-11H,1,12-19H2,2H3,(H,26,30). The average Bonchev–Trinajstić information content (AvgIpc) is 2.82. The first kappa shape index (κ1) is 23.3. The number of amides is 1. The Hall–Kier alpha value is -3.32. The van der Waals surface area contributed by atoms with E-state index in [4.69, 9.17) is 9.47 Å². The van der Waals surface area contributed by atoms with E-state index in [1.165, 1.54) is 16.8 Å². The molecule has 1 amide bonds. The summed E-state index contributed by atoms with van der Waals surface area (Å²) in [5.41, 5.74) is 4.05. The van der Waals surface area contributed by atoms with Gasteiger partial charge in [-0.2, -0.15) is 0 Å². The number of piperazine rings is 1. The van der Waals surface area contributed by atoms with Gasteiger partial charge in [-0.1, -0.05) is 55.1 Å². The summed E-state index contributed by atoms with van der Waals surface area (Å²) in [6.45, 7) is 10.0. The van der Waals surface area contributed by atoms with E-state index >= 15 is 0 Å². The Labute approximate surface area is 189 Å². The molecule has 0 spiro atoms. The van der Waals surface area contributed by atoms with E-state index in [0.29, 0.717) is 18.7 Å². The minimum atomic E-state index is -0.508. The SMILES string of the molecule is C=C(C)C(=O)OCCNC(=O)OCCN1CCN(c2ccccc2-c2ccccc2)CC1. The third kappa shape index (κ3) is 6.85. The summed E-state index contributed by atoms with van der Waals surface area (Å²) < 4.78 is 10.1. The fourth-order valence-corrected chi connectivity index (χ4v) is 3.56. The molecule has 0 aromatic heterocycles. The lowest BCUT2D eigenvalue weighted by Gasteiger charge is -2.37. The van der Waals surface area contributed by atoms with Crippen LogP contribution in [0.3, 0.4) is 0 Å². The van der Waals surface area contributed by atoms with Gasteiger partial charge in [0, 0.05) is 49.5 Å². The van der Waals surface area contributed by atoms with E-state index in [1.807, 2.05) is 6.07 Å². The molecule has 1 fully saturated rings. The van der Waals surface area contributed by atoms with Crippen LogP contribution in [0.2, 0.25) is 0 Å². The molecule has 7 nitrogen and oxygen atoms in total. The second kappa shape index (κ2) is 11.9. The van der Waals surface area contributed by atoms with E-state index in [2.05, 4.69) is 70.2 Å². The van der Waals surface area contributed by atoms with Crippen LogP contribution in [0.4, 0.5) is 10.5 Å². The maximum Gasteiger partial charge on any atom is 0.407 e. The van der Waals surface area contributed by atoms with Crippen LogP contribution in [0.5, 0.6) is 0 Å². The van der Waals surface area contributed by atoms with Gasteiger partial charge in [-0.25, -0.2) is 9.59 Å². The molecule has 2 aromatic rings. The topological polar surface area (TPSA) is 71.1 Å². The van der Waals surface area contributed by atoms with Crippen molar-refractivity contribution < 1.29 is 19.1 Å². The number of hydrogen-bond donors (Lipinski definition) is 1. The summed E-state index contributed by atoms with van der Waals surface area (Å²) in [6, 6.07) is 19.0. The van der Waals surface area contributed by atoms with Gasteiger partial charge in [0.15, 0.2) is 0 Å². The zero-order valence-electron chi connectivity index (χ0n) is 18.6. The van der Waals surface area contributed by atoms with Crippen LogP contribution < -0.4 is 10.2 Å². The van der Waals surface area contributed by atoms with Gasteiger partial charge in [-0.15, -0.1) is 0 Å². The molecule has 0 unspecified atom stereocenters. The van der Waals surface area contributed by atoms with Crippen molar-refractivity contribution in [2.24, 2.45) is 0 Å². The number of nitrogens with one attached hydrogen (secondary N) is 1. The summed E-state index contributed by atoms with van der Waals surface area (Å²) in [7, 11) is 0.